The maximum Gasteiger partial charge on any atom is 0.331 e. The minimum absolute atomic E-state index is 0.112. The number of hydrogen-bond acceptors (Lipinski definition) is 5. The second-order valence-corrected chi connectivity index (χ2v) is 9.73. The molecule has 0 N–H and O–H groups in total. The number of hydrogen-bond donors (Lipinski definition) is 0. The highest BCUT2D eigenvalue weighted by molar-refractivity contribution is 7.89. The Labute approximate surface area is 191 Å². The van der Waals surface area contributed by atoms with Crippen molar-refractivity contribution < 1.29 is 31.5 Å². The molecule has 33 heavy (non-hydrogen) atoms. The van der Waals surface area contributed by atoms with E-state index in [2.05, 4.69) is 0 Å². The zero-order valence-corrected chi connectivity index (χ0v) is 19.0. The molecule has 0 amide bonds. The fraction of sp³-hybridized carbons (Fsp3) is 0.333. The lowest BCUT2D eigenvalue weighted by molar-refractivity contribution is -0.140. The Kier molecular flexibility index (Phi) is 8.10. The molecule has 0 saturated carbocycles. The lowest BCUT2D eigenvalue weighted by Gasteiger charge is -2.19. The molecule has 1 saturated heterocycles. The van der Waals surface area contributed by atoms with E-state index < -0.39 is 39.5 Å². The van der Waals surface area contributed by atoms with Crippen LogP contribution in [0, 0.1) is 11.6 Å². The third-order valence-electron chi connectivity index (χ3n) is 5.36. The predicted molar refractivity (Wildman–Crippen MR) is 119 cm³/mol. The van der Waals surface area contributed by atoms with E-state index in [4.69, 9.17) is 4.74 Å². The molecule has 6 nitrogen and oxygen atoms in total. The summed E-state index contributed by atoms with van der Waals surface area (Å²) in [7, 11) is -3.56. The molecule has 1 fully saturated rings. The van der Waals surface area contributed by atoms with Crippen molar-refractivity contribution in [2.75, 3.05) is 13.1 Å². The normalized spacial score (nSPS) is 16.3. The largest absolute Gasteiger partial charge is 0.451 e. The van der Waals surface area contributed by atoms with Crippen molar-refractivity contribution in [3.05, 3.63) is 71.3 Å². The molecule has 1 atom stereocenters. The van der Waals surface area contributed by atoms with Crippen LogP contribution in [-0.4, -0.2) is 43.7 Å². The van der Waals surface area contributed by atoms with Crippen LogP contribution in [0.5, 0.6) is 0 Å². The average Bonchev–Trinajstić information content (AvgIpc) is 3.09. The van der Waals surface area contributed by atoms with Gasteiger partial charge in [-0.25, -0.2) is 22.0 Å². The van der Waals surface area contributed by atoms with Gasteiger partial charge < -0.3 is 4.74 Å². The van der Waals surface area contributed by atoms with Gasteiger partial charge in [-0.3, -0.25) is 4.79 Å². The summed E-state index contributed by atoms with van der Waals surface area (Å²) in [6.45, 7) is 2.35. The Bertz CT molecular complexity index is 1140. The van der Waals surface area contributed by atoms with Crippen molar-refractivity contribution in [2.24, 2.45) is 0 Å². The molecule has 0 radical (unpaired) electrons. The van der Waals surface area contributed by atoms with Crippen LogP contribution in [0.4, 0.5) is 8.78 Å². The van der Waals surface area contributed by atoms with Gasteiger partial charge in [0, 0.05) is 24.7 Å². The Morgan fingerprint density at radius 3 is 2.21 bits per heavy atom. The summed E-state index contributed by atoms with van der Waals surface area (Å²) in [5.74, 6) is -3.72. The number of halogens is 2. The molecule has 2 aromatic carbocycles. The van der Waals surface area contributed by atoms with E-state index in [0.717, 1.165) is 50.0 Å². The molecule has 1 unspecified atom stereocenters. The first-order valence-electron chi connectivity index (χ1n) is 10.7. The average molecular weight is 478 g/mol. The van der Waals surface area contributed by atoms with Crippen LogP contribution in [0.25, 0.3) is 6.08 Å². The Morgan fingerprint density at radius 1 is 0.970 bits per heavy atom. The summed E-state index contributed by atoms with van der Waals surface area (Å²) in [6.07, 6.45) is 5.08. The molecular weight excluding hydrogens is 452 g/mol. The maximum absolute atomic E-state index is 13.3. The summed E-state index contributed by atoms with van der Waals surface area (Å²) in [5, 5.41) is 0. The van der Waals surface area contributed by atoms with Gasteiger partial charge in [-0.2, -0.15) is 4.31 Å². The van der Waals surface area contributed by atoms with E-state index in [1.54, 1.807) is 12.1 Å². The van der Waals surface area contributed by atoms with E-state index in [0.29, 0.717) is 18.7 Å². The molecule has 1 aliphatic heterocycles. The predicted octanol–water partition coefficient (Wildman–Crippen LogP) is 4.36. The van der Waals surface area contributed by atoms with Crippen molar-refractivity contribution in [3.8, 4) is 0 Å². The van der Waals surface area contributed by atoms with Crippen molar-refractivity contribution in [3.63, 3.8) is 0 Å². The molecular formula is C24H25F2NO5S. The number of rotatable bonds is 7. The van der Waals surface area contributed by atoms with Crippen molar-refractivity contribution >= 4 is 27.9 Å². The molecule has 0 aliphatic carbocycles. The Morgan fingerprint density at radius 2 is 1.61 bits per heavy atom. The summed E-state index contributed by atoms with van der Waals surface area (Å²) >= 11 is 0. The fourth-order valence-electron chi connectivity index (χ4n) is 3.50. The zero-order chi connectivity index (χ0) is 24.0. The van der Waals surface area contributed by atoms with Crippen LogP contribution in [0.2, 0.25) is 0 Å². The fourth-order valence-corrected chi connectivity index (χ4v) is 5.01. The van der Waals surface area contributed by atoms with Crippen LogP contribution >= 0.6 is 0 Å². The van der Waals surface area contributed by atoms with E-state index >= 15 is 0 Å². The number of ketones is 1. The smallest absolute Gasteiger partial charge is 0.331 e. The quantitative estimate of drug-likeness (QED) is 0.336. The number of carbonyl (C=O) groups is 2. The molecule has 0 aromatic heterocycles. The van der Waals surface area contributed by atoms with Crippen molar-refractivity contribution in [1.82, 2.24) is 4.31 Å². The molecule has 1 aliphatic rings. The summed E-state index contributed by atoms with van der Waals surface area (Å²) in [4.78, 5) is 24.5. The van der Waals surface area contributed by atoms with E-state index in [1.807, 2.05) is 0 Å². The van der Waals surface area contributed by atoms with Gasteiger partial charge in [0.1, 0.15) is 0 Å². The first kappa shape index (κ1) is 24.7. The standard InChI is InChI=1S/C24H25F2NO5S/c1-17(24(29)19-9-12-21(25)22(26)16-19)32-23(28)13-8-18-6-10-20(11-7-18)33(30,31)27-14-4-2-3-5-15-27/h6-13,16-17H,2-5,14-15H2,1H3/b13-8+. The van der Waals surface area contributed by atoms with Gasteiger partial charge in [-0.1, -0.05) is 25.0 Å². The zero-order valence-electron chi connectivity index (χ0n) is 18.2. The molecule has 176 valence electrons. The Balaban J connectivity index is 1.60. The van der Waals surface area contributed by atoms with E-state index in [-0.39, 0.29) is 10.5 Å². The number of sulfonamides is 1. The van der Waals surface area contributed by atoms with Crippen molar-refractivity contribution in [1.29, 1.82) is 0 Å². The van der Waals surface area contributed by atoms with Crippen LogP contribution in [0.3, 0.4) is 0 Å². The number of esters is 1. The highest BCUT2D eigenvalue weighted by Crippen LogP contribution is 2.21. The van der Waals surface area contributed by atoms with Gasteiger partial charge in [0.15, 0.2) is 17.7 Å². The second-order valence-electron chi connectivity index (χ2n) is 7.79. The van der Waals surface area contributed by atoms with Crippen LogP contribution in [-0.2, 0) is 19.6 Å². The summed E-state index contributed by atoms with van der Waals surface area (Å²) < 4.78 is 58.5. The molecule has 9 heteroatoms. The number of benzene rings is 2. The van der Waals surface area contributed by atoms with E-state index in [9.17, 15) is 26.8 Å². The van der Waals surface area contributed by atoms with E-state index in [1.165, 1.54) is 29.4 Å². The second kappa shape index (κ2) is 10.8. The minimum Gasteiger partial charge on any atom is -0.451 e. The van der Waals surface area contributed by atoms with Gasteiger partial charge >= 0.3 is 5.97 Å². The Hall–Kier alpha value is -2.91. The monoisotopic (exact) mass is 477 g/mol. The van der Waals surface area contributed by atoms with Gasteiger partial charge in [0.25, 0.3) is 0 Å². The topological polar surface area (TPSA) is 80.8 Å². The van der Waals surface area contributed by atoms with Crippen LogP contribution in [0.1, 0.15) is 48.5 Å². The lowest BCUT2D eigenvalue weighted by atomic mass is 10.1. The molecule has 1 heterocycles. The molecule has 0 spiro atoms. The first-order valence-corrected chi connectivity index (χ1v) is 12.1. The maximum atomic E-state index is 13.3. The third kappa shape index (κ3) is 6.33. The highest BCUT2D eigenvalue weighted by Gasteiger charge is 2.25. The number of ether oxygens (including phenoxy) is 1. The van der Waals surface area contributed by atoms with Gasteiger partial charge in [0.2, 0.25) is 15.8 Å². The summed E-state index contributed by atoms with van der Waals surface area (Å²) in [5.41, 5.74) is 0.459. The summed E-state index contributed by atoms with van der Waals surface area (Å²) in [6, 6.07) is 8.81. The minimum atomic E-state index is -3.56. The number of carbonyl (C=O) groups excluding carboxylic acids is 2. The highest BCUT2D eigenvalue weighted by atomic mass is 32.2. The molecule has 0 bridgehead atoms. The first-order chi connectivity index (χ1) is 15.7. The van der Waals surface area contributed by atoms with Gasteiger partial charge in [-0.15, -0.1) is 0 Å². The van der Waals surface area contributed by atoms with Crippen LogP contribution < -0.4 is 0 Å². The molecule has 3 rings (SSSR count). The van der Waals surface area contributed by atoms with Crippen LogP contribution in [0.15, 0.2) is 53.4 Å². The lowest BCUT2D eigenvalue weighted by Crippen LogP contribution is -2.31. The SMILES string of the molecule is CC(OC(=O)/C=C/c1ccc(S(=O)(=O)N2CCCCCC2)cc1)C(=O)c1ccc(F)c(F)c1. The third-order valence-corrected chi connectivity index (χ3v) is 7.27. The molecule has 2 aromatic rings. The van der Waals surface area contributed by atoms with Crippen molar-refractivity contribution in [2.45, 2.75) is 43.6 Å². The van der Waals surface area contributed by atoms with Gasteiger partial charge in [0.05, 0.1) is 4.90 Å². The number of Topliss-reactive ketones (excluding diaryl/α,β-unsaturated/α-hetero) is 1. The van der Waals surface area contributed by atoms with Gasteiger partial charge in [-0.05, 0) is 61.7 Å². The number of nitrogens with zero attached hydrogens (tertiary/aromatic N) is 1.